The van der Waals surface area contributed by atoms with E-state index in [1.54, 1.807) is 0 Å². The van der Waals surface area contributed by atoms with Crippen molar-refractivity contribution in [2.75, 3.05) is 0 Å². The molecule has 4 rings (SSSR count). The molecule has 3 saturated carbocycles. The van der Waals surface area contributed by atoms with Crippen molar-refractivity contribution in [3.8, 4) is 0 Å². The van der Waals surface area contributed by atoms with Gasteiger partial charge in [-0.2, -0.15) is 0 Å². The summed E-state index contributed by atoms with van der Waals surface area (Å²) in [7, 11) is 0. The molecule has 0 aromatic rings. The van der Waals surface area contributed by atoms with Gasteiger partial charge < -0.3 is 10.2 Å². The molecular weight excluding hydrogens is 316 g/mol. The van der Waals surface area contributed by atoms with Crippen molar-refractivity contribution < 1.29 is 19.8 Å². The molecule has 4 aliphatic carbocycles. The minimum Gasteiger partial charge on any atom is -0.389 e. The molecule has 0 aliphatic heterocycles. The highest BCUT2D eigenvalue weighted by molar-refractivity contribution is 5.89. The Kier molecular flexibility index (Phi) is 3.66. The zero-order valence-corrected chi connectivity index (χ0v) is 15.5. The van der Waals surface area contributed by atoms with Crippen LogP contribution in [0.15, 0.2) is 11.6 Å². The Morgan fingerprint density at radius 1 is 1.12 bits per heavy atom. The molecule has 25 heavy (non-hydrogen) atoms. The third-order valence-corrected chi connectivity index (χ3v) is 8.65. The van der Waals surface area contributed by atoms with Gasteiger partial charge in [-0.1, -0.05) is 25.5 Å². The standard InChI is InChI=1S/C21H30O4/c1-12(22)21(25)9-6-16-18-15(5-8-20(16,21)3)19(2)7-4-14(23)10-13(19)11-17(18)24/h10,14-16,18,23,25H,4-9,11H2,1-3H3/t14?,15-,16-,18+,19-,20-,21-/m0/s1. The maximum absolute atomic E-state index is 13.1. The molecule has 0 radical (unpaired) electrons. The Balaban J connectivity index is 1.75. The first-order valence-electron chi connectivity index (χ1n) is 9.79. The molecule has 4 aliphatic rings. The number of carbonyl (C=O) groups is 2. The van der Waals surface area contributed by atoms with Crippen LogP contribution in [-0.2, 0) is 9.59 Å². The van der Waals surface area contributed by atoms with Crippen LogP contribution in [0.1, 0.15) is 65.7 Å². The van der Waals surface area contributed by atoms with Crippen molar-refractivity contribution in [2.45, 2.75) is 77.4 Å². The van der Waals surface area contributed by atoms with Crippen LogP contribution in [0.5, 0.6) is 0 Å². The molecule has 0 aromatic heterocycles. The van der Waals surface area contributed by atoms with E-state index in [1.165, 1.54) is 6.92 Å². The monoisotopic (exact) mass is 346 g/mol. The summed E-state index contributed by atoms with van der Waals surface area (Å²) in [6, 6.07) is 0. The molecule has 4 nitrogen and oxygen atoms in total. The van der Waals surface area contributed by atoms with E-state index in [0.717, 1.165) is 37.7 Å². The quantitative estimate of drug-likeness (QED) is 0.716. The molecular formula is C21H30O4. The number of fused-ring (bicyclic) bond motifs is 5. The van der Waals surface area contributed by atoms with E-state index in [4.69, 9.17) is 0 Å². The van der Waals surface area contributed by atoms with Crippen molar-refractivity contribution in [3.05, 3.63) is 11.6 Å². The van der Waals surface area contributed by atoms with Crippen LogP contribution in [0.4, 0.5) is 0 Å². The highest BCUT2D eigenvalue weighted by Gasteiger charge is 2.67. The smallest absolute Gasteiger partial charge is 0.161 e. The van der Waals surface area contributed by atoms with Crippen molar-refractivity contribution in [2.24, 2.45) is 28.6 Å². The zero-order chi connectivity index (χ0) is 18.2. The van der Waals surface area contributed by atoms with Crippen molar-refractivity contribution in [1.82, 2.24) is 0 Å². The largest absolute Gasteiger partial charge is 0.389 e. The van der Waals surface area contributed by atoms with Crippen molar-refractivity contribution in [1.29, 1.82) is 0 Å². The van der Waals surface area contributed by atoms with E-state index in [9.17, 15) is 19.8 Å². The van der Waals surface area contributed by atoms with Crippen molar-refractivity contribution in [3.63, 3.8) is 0 Å². The lowest BCUT2D eigenvalue weighted by atomic mass is 9.46. The third-order valence-electron chi connectivity index (χ3n) is 8.65. The van der Waals surface area contributed by atoms with Crippen LogP contribution in [-0.4, -0.2) is 33.5 Å². The summed E-state index contributed by atoms with van der Waals surface area (Å²) in [6.07, 6.45) is 6.54. The predicted octanol–water partition coefficient (Wildman–Crippen LogP) is 2.81. The Hall–Kier alpha value is -1.00. The Bertz CT molecular complexity index is 667. The number of hydrogen-bond acceptors (Lipinski definition) is 4. The van der Waals surface area contributed by atoms with Crippen molar-refractivity contribution >= 4 is 11.6 Å². The molecule has 0 spiro atoms. The lowest BCUT2D eigenvalue weighted by Crippen LogP contribution is -2.59. The molecule has 0 aromatic carbocycles. The van der Waals surface area contributed by atoms with E-state index in [-0.39, 0.29) is 34.7 Å². The molecule has 0 heterocycles. The van der Waals surface area contributed by atoms with E-state index < -0.39 is 17.1 Å². The van der Waals surface area contributed by atoms with Crippen LogP contribution in [0.3, 0.4) is 0 Å². The number of carbonyl (C=O) groups excluding carboxylic acids is 2. The fraction of sp³-hybridized carbons (Fsp3) is 0.810. The van der Waals surface area contributed by atoms with Gasteiger partial charge in [0.2, 0.25) is 0 Å². The van der Waals surface area contributed by atoms with Gasteiger partial charge in [0.15, 0.2) is 5.78 Å². The fourth-order valence-corrected chi connectivity index (χ4v) is 7.00. The molecule has 0 bridgehead atoms. The first-order valence-corrected chi connectivity index (χ1v) is 9.79. The van der Waals surface area contributed by atoms with Gasteiger partial charge in [0.05, 0.1) is 6.10 Å². The molecule has 0 amide bonds. The van der Waals surface area contributed by atoms with Gasteiger partial charge in [-0.25, -0.2) is 0 Å². The average molecular weight is 346 g/mol. The molecule has 3 fully saturated rings. The summed E-state index contributed by atoms with van der Waals surface area (Å²) in [5.74, 6) is 0.431. The summed E-state index contributed by atoms with van der Waals surface area (Å²) in [5, 5.41) is 21.1. The first kappa shape index (κ1) is 17.4. The van der Waals surface area contributed by atoms with Gasteiger partial charge in [-0.15, -0.1) is 0 Å². The molecule has 7 atom stereocenters. The number of aliphatic hydroxyl groups excluding tert-OH is 1. The summed E-state index contributed by atoms with van der Waals surface area (Å²) in [5.41, 5.74) is -0.652. The minimum absolute atomic E-state index is 0.0178. The Labute approximate surface area is 149 Å². The summed E-state index contributed by atoms with van der Waals surface area (Å²) in [4.78, 5) is 25.3. The number of aliphatic hydroxyl groups is 2. The SMILES string of the molecule is CC(=O)[C@@]1(O)CC[C@H]2[C@@H]3C(=O)CC4=CC(O)CC[C@]4(C)[C@H]3CC[C@@]21C. The fourth-order valence-electron chi connectivity index (χ4n) is 7.00. The highest BCUT2D eigenvalue weighted by atomic mass is 16.3. The maximum Gasteiger partial charge on any atom is 0.161 e. The molecule has 1 unspecified atom stereocenters. The third kappa shape index (κ3) is 2.07. The van der Waals surface area contributed by atoms with Crippen LogP contribution in [0.25, 0.3) is 0 Å². The zero-order valence-electron chi connectivity index (χ0n) is 15.5. The maximum atomic E-state index is 13.1. The molecule has 0 saturated heterocycles. The minimum atomic E-state index is -1.28. The Morgan fingerprint density at radius 3 is 2.48 bits per heavy atom. The lowest BCUT2D eigenvalue weighted by Gasteiger charge is -2.58. The second kappa shape index (κ2) is 5.26. The number of Topliss-reactive ketones (excluding diaryl/α,β-unsaturated/α-hetero) is 2. The average Bonchev–Trinajstić information content (AvgIpc) is 2.82. The summed E-state index contributed by atoms with van der Waals surface area (Å²) < 4.78 is 0. The number of hydrogen-bond donors (Lipinski definition) is 2. The van der Waals surface area contributed by atoms with Gasteiger partial charge >= 0.3 is 0 Å². The normalized spacial score (nSPS) is 52.0. The van der Waals surface area contributed by atoms with Gasteiger partial charge in [-0.3, -0.25) is 9.59 Å². The Morgan fingerprint density at radius 2 is 1.80 bits per heavy atom. The molecule has 4 heteroatoms. The first-order chi connectivity index (χ1) is 11.6. The van der Waals surface area contributed by atoms with E-state index in [0.29, 0.717) is 12.8 Å². The van der Waals surface area contributed by atoms with Crippen LogP contribution in [0, 0.1) is 28.6 Å². The lowest BCUT2D eigenvalue weighted by molar-refractivity contribution is -0.164. The molecule has 138 valence electrons. The molecule has 2 N–H and O–H groups in total. The summed E-state index contributed by atoms with van der Waals surface area (Å²) in [6.45, 7) is 5.80. The number of ketones is 2. The van der Waals surface area contributed by atoms with E-state index in [2.05, 4.69) is 6.92 Å². The number of rotatable bonds is 1. The number of allylic oxidation sites excluding steroid dienone is 1. The second-order valence-electron chi connectivity index (χ2n) is 9.51. The second-order valence-corrected chi connectivity index (χ2v) is 9.51. The van der Waals surface area contributed by atoms with E-state index >= 15 is 0 Å². The van der Waals surface area contributed by atoms with E-state index in [1.807, 2.05) is 13.0 Å². The van der Waals surface area contributed by atoms with Gasteiger partial charge in [0.25, 0.3) is 0 Å². The highest BCUT2D eigenvalue weighted by Crippen LogP contribution is 2.66. The van der Waals surface area contributed by atoms with Gasteiger partial charge in [0.1, 0.15) is 11.4 Å². The summed E-state index contributed by atoms with van der Waals surface area (Å²) >= 11 is 0. The van der Waals surface area contributed by atoms with Crippen LogP contribution < -0.4 is 0 Å². The predicted molar refractivity (Wildman–Crippen MR) is 93.7 cm³/mol. The van der Waals surface area contributed by atoms with Crippen LogP contribution in [0.2, 0.25) is 0 Å². The van der Waals surface area contributed by atoms with Gasteiger partial charge in [-0.05, 0) is 62.7 Å². The van der Waals surface area contributed by atoms with Crippen LogP contribution >= 0.6 is 0 Å². The van der Waals surface area contributed by atoms with Gasteiger partial charge in [0, 0.05) is 17.8 Å². The topological polar surface area (TPSA) is 74.6 Å².